The quantitative estimate of drug-likeness (QED) is 0.827. The molecule has 4 rings (SSSR count). The van der Waals surface area contributed by atoms with Gasteiger partial charge in [0.05, 0.1) is 19.3 Å². The summed E-state index contributed by atoms with van der Waals surface area (Å²) in [5, 5.41) is 0. The number of aryl methyl sites for hydroxylation is 2. The van der Waals surface area contributed by atoms with Crippen molar-refractivity contribution in [3.63, 3.8) is 0 Å². The van der Waals surface area contributed by atoms with E-state index < -0.39 is 0 Å². The largest absolute Gasteiger partial charge is 0.375 e. The van der Waals surface area contributed by atoms with Gasteiger partial charge in [0.15, 0.2) is 0 Å². The average molecular weight is 356 g/mol. The third-order valence-corrected chi connectivity index (χ3v) is 5.60. The molecule has 2 aromatic rings. The van der Waals surface area contributed by atoms with E-state index in [9.17, 15) is 0 Å². The molecule has 0 radical (unpaired) electrons. The maximum Gasteiger partial charge on any atom is 0.225 e. The van der Waals surface area contributed by atoms with Gasteiger partial charge in [0.25, 0.3) is 0 Å². The van der Waals surface area contributed by atoms with Gasteiger partial charge in [0, 0.05) is 57.4 Å². The van der Waals surface area contributed by atoms with Crippen LogP contribution in [0, 0.1) is 5.92 Å². The predicted molar refractivity (Wildman–Crippen MR) is 100.0 cm³/mol. The molecular formula is C19H28N6O. The van der Waals surface area contributed by atoms with Crippen LogP contribution >= 0.6 is 0 Å². The number of hydrogen-bond donors (Lipinski definition) is 0. The first kappa shape index (κ1) is 17.4. The van der Waals surface area contributed by atoms with Crippen molar-refractivity contribution in [1.29, 1.82) is 0 Å². The molecule has 2 aliphatic rings. The van der Waals surface area contributed by atoms with Crippen molar-refractivity contribution in [2.24, 2.45) is 13.0 Å². The van der Waals surface area contributed by atoms with E-state index in [2.05, 4.69) is 43.3 Å². The van der Waals surface area contributed by atoms with Crippen LogP contribution in [0.3, 0.4) is 0 Å². The molecule has 7 heteroatoms. The van der Waals surface area contributed by atoms with Gasteiger partial charge >= 0.3 is 0 Å². The standard InChI is InChI=1S/C19H28N6O/c1-3-15-10-21-19(22-11-15)25-8-9-26-17-13-24(6-4-16(17)12-25)14-18-20-5-7-23(18)2/h5,7,10-11,16-17H,3-4,6,8-9,12-14H2,1-2H3/t16-,17-/m0/s1. The lowest BCUT2D eigenvalue weighted by atomic mass is 9.93. The molecule has 2 saturated heterocycles. The smallest absolute Gasteiger partial charge is 0.225 e. The van der Waals surface area contributed by atoms with E-state index in [4.69, 9.17) is 4.74 Å². The van der Waals surface area contributed by atoms with Gasteiger partial charge < -0.3 is 14.2 Å². The molecule has 0 N–H and O–H groups in total. The highest BCUT2D eigenvalue weighted by molar-refractivity contribution is 5.30. The zero-order valence-corrected chi connectivity index (χ0v) is 15.7. The topological polar surface area (TPSA) is 59.3 Å². The molecule has 140 valence electrons. The Balaban J connectivity index is 1.39. The highest BCUT2D eigenvalue weighted by atomic mass is 16.5. The van der Waals surface area contributed by atoms with Crippen LogP contribution < -0.4 is 4.90 Å². The summed E-state index contributed by atoms with van der Waals surface area (Å²) in [5.41, 5.74) is 1.18. The number of likely N-dealkylation sites (tertiary alicyclic amines) is 1. The molecule has 7 nitrogen and oxygen atoms in total. The first-order valence-corrected chi connectivity index (χ1v) is 9.59. The Morgan fingerprint density at radius 2 is 2.00 bits per heavy atom. The van der Waals surface area contributed by atoms with Crippen LogP contribution in [0.5, 0.6) is 0 Å². The van der Waals surface area contributed by atoms with Crippen molar-refractivity contribution in [2.75, 3.05) is 37.7 Å². The second kappa shape index (κ2) is 7.72. The first-order valence-electron chi connectivity index (χ1n) is 9.59. The molecule has 4 heterocycles. The number of fused-ring (bicyclic) bond motifs is 1. The summed E-state index contributed by atoms with van der Waals surface area (Å²) in [4.78, 5) is 18.3. The van der Waals surface area contributed by atoms with Crippen molar-refractivity contribution in [3.05, 3.63) is 36.2 Å². The van der Waals surface area contributed by atoms with Crippen LogP contribution in [0.15, 0.2) is 24.8 Å². The molecule has 0 unspecified atom stereocenters. The van der Waals surface area contributed by atoms with Crippen molar-refractivity contribution >= 4 is 5.95 Å². The lowest BCUT2D eigenvalue weighted by molar-refractivity contribution is -0.0246. The summed E-state index contributed by atoms with van der Waals surface area (Å²) in [6.07, 6.45) is 10.2. The third-order valence-electron chi connectivity index (χ3n) is 5.60. The zero-order chi connectivity index (χ0) is 17.9. The van der Waals surface area contributed by atoms with E-state index in [1.807, 2.05) is 24.8 Å². The van der Waals surface area contributed by atoms with E-state index in [0.29, 0.717) is 5.92 Å². The fourth-order valence-electron chi connectivity index (χ4n) is 3.88. The minimum Gasteiger partial charge on any atom is -0.375 e. The van der Waals surface area contributed by atoms with Crippen molar-refractivity contribution in [2.45, 2.75) is 32.4 Å². The monoisotopic (exact) mass is 356 g/mol. The lowest BCUT2D eigenvalue weighted by Gasteiger charge is -2.37. The van der Waals surface area contributed by atoms with Crippen LogP contribution in [0.1, 0.15) is 24.7 Å². The fourth-order valence-corrected chi connectivity index (χ4v) is 3.88. The van der Waals surface area contributed by atoms with Gasteiger partial charge in [-0.15, -0.1) is 0 Å². The molecule has 2 aromatic heterocycles. The maximum absolute atomic E-state index is 6.22. The van der Waals surface area contributed by atoms with Crippen molar-refractivity contribution in [1.82, 2.24) is 24.4 Å². The number of rotatable bonds is 4. The molecule has 0 aliphatic carbocycles. The number of hydrogen-bond acceptors (Lipinski definition) is 6. The molecule has 26 heavy (non-hydrogen) atoms. The van der Waals surface area contributed by atoms with Crippen LogP contribution in [-0.2, 0) is 24.8 Å². The SMILES string of the molecule is CCc1cnc(N2CCO[C@H]3CN(Cc4nccn4C)CC[C@H]3C2)nc1. The van der Waals surface area contributed by atoms with Gasteiger partial charge in [-0.25, -0.2) is 15.0 Å². The van der Waals surface area contributed by atoms with E-state index in [0.717, 1.165) is 63.9 Å². The van der Waals surface area contributed by atoms with E-state index in [1.165, 1.54) is 5.56 Å². The molecule has 0 bridgehead atoms. The number of ether oxygens (including phenoxy) is 1. The zero-order valence-electron chi connectivity index (χ0n) is 15.7. The molecule has 2 aliphatic heterocycles. The third kappa shape index (κ3) is 3.73. The van der Waals surface area contributed by atoms with Gasteiger partial charge in [-0.05, 0) is 24.9 Å². The second-order valence-corrected chi connectivity index (χ2v) is 7.34. The summed E-state index contributed by atoms with van der Waals surface area (Å²) in [6, 6.07) is 0. The number of nitrogens with zero attached hydrogens (tertiary/aromatic N) is 6. The highest BCUT2D eigenvalue weighted by Gasteiger charge is 2.34. The Bertz CT molecular complexity index is 715. The Kier molecular flexibility index (Phi) is 5.17. The normalized spacial score (nSPS) is 24.3. The minimum atomic E-state index is 0.281. The maximum atomic E-state index is 6.22. The predicted octanol–water partition coefficient (Wildman–Crippen LogP) is 1.50. The van der Waals surface area contributed by atoms with Crippen LogP contribution in [-0.4, -0.2) is 63.3 Å². The second-order valence-electron chi connectivity index (χ2n) is 7.34. The van der Waals surface area contributed by atoms with Crippen LogP contribution in [0.2, 0.25) is 0 Å². The van der Waals surface area contributed by atoms with Gasteiger partial charge in [-0.1, -0.05) is 6.92 Å². The molecule has 0 saturated carbocycles. The van der Waals surface area contributed by atoms with Crippen molar-refractivity contribution < 1.29 is 4.74 Å². The van der Waals surface area contributed by atoms with Gasteiger partial charge in [-0.2, -0.15) is 0 Å². The summed E-state index contributed by atoms with van der Waals surface area (Å²) in [7, 11) is 2.05. The lowest BCUT2D eigenvalue weighted by Crippen LogP contribution is -2.47. The van der Waals surface area contributed by atoms with Gasteiger partial charge in [0.1, 0.15) is 5.82 Å². The Hall–Kier alpha value is -1.99. The van der Waals surface area contributed by atoms with E-state index in [1.54, 1.807) is 0 Å². The molecular weight excluding hydrogens is 328 g/mol. The van der Waals surface area contributed by atoms with Crippen LogP contribution in [0.25, 0.3) is 0 Å². The molecule has 2 fully saturated rings. The summed E-state index contributed by atoms with van der Waals surface area (Å²) in [6.45, 7) is 7.64. The molecule has 0 aromatic carbocycles. The molecule has 0 spiro atoms. The summed E-state index contributed by atoms with van der Waals surface area (Å²) < 4.78 is 8.31. The Morgan fingerprint density at radius 1 is 1.15 bits per heavy atom. The van der Waals surface area contributed by atoms with Gasteiger partial charge in [0.2, 0.25) is 5.95 Å². The van der Waals surface area contributed by atoms with Crippen molar-refractivity contribution in [3.8, 4) is 0 Å². The van der Waals surface area contributed by atoms with E-state index >= 15 is 0 Å². The average Bonchev–Trinajstić information content (AvgIpc) is 2.95. The number of aromatic nitrogens is 4. The Morgan fingerprint density at radius 3 is 2.73 bits per heavy atom. The number of piperidine rings is 1. The van der Waals surface area contributed by atoms with Crippen LogP contribution in [0.4, 0.5) is 5.95 Å². The molecule has 2 atom stereocenters. The molecule has 0 amide bonds. The first-order chi connectivity index (χ1) is 12.7. The van der Waals surface area contributed by atoms with E-state index in [-0.39, 0.29) is 6.10 Å². The van der Waals surface area contributed by atoms with Gasteiger partial charge in [-0.3, -0.25) is 4.90 Å². The highest BCUT2D eigenvalue weighted by Crippen LogP contribution is 2.26. The number of anilines is 1. The minimum absolute atomic E-state index is 0.281. The summed E-state index contributed by atoms with van der Waals surface area (Å²) >= 11 is 0. The Labute approximate surface area is 155 Å². The fraction of sp³-hybridized carbons (Fsp3) is 0.632. The number of imidazole rings is 1. The summed E-state index contributed by atoms with van der Waals surface area (Å²) in [5.74, 6) is 2.48.